The normalized spacial score (nSPS) is 10.9. The SMILES string of the molecule is Cc1nc(CCNC(=O)CCc2nnc(Cc3ccc(-c4ccccc4)cc3)o2)sc1C. The predicted octanol–water partition coefficient (Wildman–Crippen LogP) is 4.69. The average molecular weight is 447 g/mol. The van der Waals surface area contributed by atoms with E-state index >= 15 is 0 Å². The topological polar surface area (TPSA) is 80.9 Å². The number of nitrogens with zero attached hydrogens (tertiary/aromatic N) is 3. The monoisotopic (exact) mass is 446 g/mol. The number of amides is 1. The fourth-order valence-electron chi connectivity index (χ4n) is 3.34. The van der Waals surface area contributed by atoms with Crippen molar-refractivity contribution in [3.8, 4) is 11.1 Å². The fourth-order valence-corrected chi connectivity index (χ4v) is 4.28. The quantitative estimate of drug-likeness (QED) is 0.403. The summed E-state index contributed by atoms with van der Waals surface area (Å²) in [6.45, 7) is 4.65. The first kappa shape index (κ1) is 21.9. The predicted molar refractivity (Wildman–Crippen MR) is 126 cm³/mol. The van der Waals surface area contributed by atoms with Crippen molar-refractivity contribution in [3.63, 3.8) is 0 Å². The fraction of sp³-hybridized carbons (Fsp3) is 0.280. The molecule has 2 aromatic heterocycles. The summed E-state index contributed by atoms with van der Waals surface area (Å²) in [6.07, 6.45) is 2.07. The number of rotatable bonds is 9. The number of carbonyl (C=O) groups is 1. The highest BCUT2D eigenvalue weighted by Crippen LogP contribution is 2.20. The van der Waals surface area contributed by atoms with E-state index in [1.54, 1.807) is 11.3 Å². The molecule has 7 heteroatoms. The van der Waals surface area contributed by atoms with Gasteiger partial charge in [0.05, 0.1) is 17.1 Å². The molecular formula is C25H26N4O2S. The van der Waals surface area contributed by atoms with Crippen LogP contribution < -0.4 is 5.32 Å². The van der Waals surface area contributed by atoms with Crippen molar-refractivity contribution in [3.05, 3.63) is 87.5 Å². The Bertz CT molecular complexity index is 1150. The molecule has 0 saturated carbocycles. The second-order valence-electron chi connectivity index (χ2n) is 7.68. The molecule has 4 aromatic rings. The molecule has 0 aliphatic carbocycles. The Morgan fingerprint density at radius 1 is 0.938 bits per heavy atom. The van der Waals surface area contributed by atoms with Crippen LogP contribution in [0.25, 0.3) is 11.1 Å². The highest BCUT2D eigenvalue weighted by atomic mass is 32.1. The summed E-state index contributed by atoms with van der Waals surface area (Å²) >= 11 is 1.68. The van der Waals surface area contributed by atoms with E-state index in [0.717, 1.165) is 22.7 Å². The molecule has 1 N–H and O–H groups in total. The molecule has 4 rings (SSSR count). The van der Waals surface area contributed by atoms with Crippen LogP contribution in [0.15, 0.2) is 59.0 Å². The lowest BCUT2D eigenvalue weighted by Gasteiger charge is -2.03. The minimum Gasteiger partial charge on any atom is -0.425 e. The molecule has 32 heavy (non-hydrogen) atoms. The van der Waals surface area contributed by atoms with Crippen LogP contribution in [0.4, 0.5) is 0 Å². The van der Waals surface area contributed by atoms with Gasteiger partial charge in [0.15, 0.2) is 0 Å². The standard InChI is InChI=1S/C25H26N4O2S/c1-17-18(2)32-25(27-17)14-15-26-22(30)12-13-23-28-29-24(31-23)16-19-8-10-21(11-9-19)20-6-4-3-5-7-20/h3-11H,12-16H2,1-2H3,(H,26,30). The maximum Gasteiger partial charge on any atom is 0.220 e. The molecule has 0 aliphatic heterocycles. The van der Waals surface area contributed by atoms with Crippen molar-refractivity contribution in [1.29, 1.82) is 0 Å². The molecule has 0 fully saturated rings. The minimum atomic E-state index is -0.0220. The zero-order valence-electron chi connectivity index (χ0n) is 18.3. The maximum atomic E-state index is 12.1. The minimum absolute atomic E-state index is 0.0220. The third-order valence-electron chi connectivity index (χ3n) is 5.22. The Kier molecular flexibility index (Phi) is 7.07. The molecule has 6 nitrogen and oxygen atoms in total. The zero-order valence-corrected chi connectivity index (χ0v) is 19.1. The van der Waals surface area contributed by atoms with Crippen LogP contribution >= 0.6 is 11.3 Å². The van der Waals surface area contributed by atoms with E-state index in [0.29, 0.717) is 37.6 Å². The first-order valence-corrected chi connectivity index (χ1v) is 11.5. The van der Waals surface area contributed by atoms with Crippen LogP contribution in [-0.4, -0.2) is 27.6 Å². The van der Waals surface area contributed by atoms with Crippen molar-refractivity contribution in [1.82, 2.24) is 20.5 Å². The van der Waals surface area contributed by atoms with Gasteiger partial charge in [0.1, 0.15) is 0 Å². The van der Waals surface area contributed by atoms with Crippen LogP contribution in [0, 0.1) is 13.8 Å². The van der Waals surface area contributed by atoms with Crippen molar-refractivity contribution in [2.75, 3.05) is 6.54 Å². The second kappa shape index (κ2) is 10.3. The molecule has 0 spiro atoms. The van der Waals surface area contributed by atoms with Crippen LogP contribution in [0.1, 0.15) is 39.3 Å². The molecule has 0 saturated heterocycles. The van der Waals surface area contributed by atoms with Gasteiger partial charge in [-0.2, -0.15) is 0 Å². The summed E-state index contributed by atoms with van der Waals surface area (Å²) in [7, 11) is 0. The second-order valence-corrected chi connectivity index (χ2v) is 8.97. The van der Waals surface area contributed by atoms with E-state index < -0.39 is 0 Å². The van der Waals surface area contributed by atoms with E-state index in [2.05, 4.69) is 63.8 Å². The maximum absolute atomic E-state index is 12.1. The first-order valence-electron chi connectivity index (χ1n) is 10.7. The van der Waals surface area contributed by atoms with Gasteiger partial charge >= 0.3 is 0 Å². The van der Waals surface area contributed by atoms with E-state index in [9.17, 15) is 4.79 Å². The van der Waals surface area contributed by atoms with Gasteiger partial charge in [-0.1, -0.05) is 54.6 Å². The number of thiazole rings is 1. The molecule has 0 bridgehead atoms. The van der Waals surface area contributed by atoms with Gasteiger partial charge in [0.2, 0.25) is 17.7 Å². The number of aromatic nitrogens is 3. The third-order valence-corrected chi connectivity index (χ3v) is 6.36. The number of benzene rings is 2. The lowest BCUT2D eigenvalue weighted by Crippen LogP contribution is -2.25. The van der Waals surface area contributed by atoms with E-state index in [-0.39, 0.29) is 5.91 Å². The Morgan fingerprint density at radius 3 is 2.38 bits per heavy atom. The Balaban J connectivity index is 1.22. The smallest absolute Gasteiger partial charge is 0.220 e. The molecule has 2 heterocycles. The molecule has 0 unspecified atom stereocenters. The summed E-state index contributed by atoms with van der Waals surface area (Å²) in [5, 5.41) is 12.2. The van der Waals surface area contributed by atoms with E-state index in [1.165, 1.54) is 16.0 Å². The Morgan fingerprint density at radius 2 is 1.66 bits per heavy atom. The first-order chi connectivity index (χ1) is 15.6. The van der Waals surface area contributed by atoms with Crippen LogP contribution in [0.3, 0.4) is 0 Å². The molecule has 1 amide bonds. The summed E-state index contributed by atoms with van der Waals surface area (Å²) < 4.78 is 5.73. The third kappa shape index (κ3) is 5.88. The number of carbonyl (C=O) groups excluding carboxylic acids is 1. The van der Waals surface area contributed by atoms with Gasteiger partial charge in [0.25, 0.3) is 0 Å². The highest BCUT2D eigenvalue weighted by Gasteiger charge is 2.10. The molecule has 0 atom stereocenters. The molecular weight excluding hydrogens is 420 g/mol. The van der Waals surface area contributed by atoms with Crippen molar-refractivity contribution in [2.24, 2.45) is 0 Å². The number of hydrogen-bond donors (Lipinski definition) is 1. The van der Waals surface area contributed by atoms with Gasteiger partial charge < -0.3 is 9.73 Å². The molecule has 0 aliphatic rings. The summed E-state index contributed by atoms with van der Waals surface area (Å²) in [5.41, 5.74) is 4.53. The lowest BCUT2D eigenvalue weighted by atomic mass is 10.0. The lowest BCUT2D eigenvalue weighted by molar-refractivity contribution is -0.121. The van der Waals surface area contributed by atoms with Crippen LogP contribution in [-0.2, 0) is 24.1 Å². The summed E-state index contributed by atoms with van der Waals surface area (Å²) in [5.74, 6) is 1.02. The molecule has 164 valence electrons. The van der Waals surface area contributed by atoms with Gasteiger partial charge in [-0.05, 0) is 30.5 Å². The molecule has 0 radical (unpaired) electrons. The largest absolute Gasteiger partial charge is 0.425 e. The van der Waals surface area contributed by atoms with Crippen molar-refractivity contribution in [2.45, 2.75) is 39.5 Å². The van der Waals surface area contributed by atoms with Crippen molar-refractivity contribution >= 4 is 17.2 Å². The Hall–Kier alpha value is -3.32. The van der Waals surface area contributed by atoms with Gasteiger partial charge in [-0.25, -0.2) is 4.98 Å². The summed E-state index contributed by atoms with van der Waals surface area (Å²) in [4.78, 5) is 17.8. The highest BCUT2D eigenvalue weighted by molar-refractivity contribution is 7.11. The van der Waals surface area contributed by atoms with Crippen LogP contribution in [0.2, 0.25) is 0 Å². The molecule has 2 aromatic carbocycles. The zero-order chi connectivity index (χ0) is 22.3. The van der Waals surface area contributed by atoms with Gasteiger partial charge in [0, 0.05) is 30.7 Å². The Labute approximate surface area is 191 Å². The number of hydrogen-bond acceptors (Lipinski definition) is 6. The van der Waals surface area contributed by atoms with E-state index in [1.807, 2.05) is 25.1 Å². The van der Waals surface area contributed by atoms with E-state index in [4.69, 9.17) is 4.42 Å². The average Bonchev–Trinajstić information content (AvgIpc) is 3.39. The van der Waals surface area contributed by atoms with Gasteiger partial charge in [-0.3, -0.25) is 4.79 Å². The van der Waals surface area contributed by atoms with Crippen molar-refractivity contribution < 1.29 is 9.21 Å². The number of aryl methyl sites for hydroxylation is 3. The summed E-state index contributed by atoms with van der Waals surface area (Å²) in [6, 6.07) is 18.6. The van der Waals surface area contributed by atoms with Crippen LogP contribution in [0.5, 0.6) is 0 Å². The number of nitrogens with one attached hydrogen (secondary N) is 1. The van der Waals surface area contributed by atoms with Gasteiger partial charge in [-0.15, -0.1) is 21.5 Å².